The lowest BCUT2D eigenvalue weighted by Crippen LogP contribution is -2.05. The predicted octanol–water partition coefficient (Wildman–Crippen LogP) is 3.91. The van der Waals surface area contributed by atoms with Crippen LogP contribution in [0.15, 0.2) is 42.0 Å². The van der Waals surface area contributed by atoms with Gasteiger partial charge in [-0.1, -0.05) is 35.9 Å². The molecule has 2 aromatic carbocycles. The zero-order valence-electron chi connectivity index (χ0n) is 13.5. The van der Waals surface area contributed by atoms with Gasteiger partial charge >= 0.3 is 5.97 Å². The summed E-state index contributed by atoms with van der Waals surface area (Å²) in [5.74, 6) is -0.350. The van der Waals surface area contributed by atoms with Crippen molar-refractivity contribution in [2.75, 3.05) is 7.11 Å². The van der Waals surface area contributed by atoms with E-state index in [0.29, 0.717) is 17.6 Å². The van der Waals surface area contributed by atoms with Gasteiger partial charge in [0.2, 0.25) is 0 Å². The number of carbonyl (C=O) groups excluding carboxylic acids is 2. The molecule has 23 heavy (non-hydrogen) atoms. The monoisotopic (exact) mass is 306 g/mol. The molecule has 0 aliphatic heterocycles. The van der Waals surface area contributed by atoms with Crippen molar-refractivity contribution in [1.82, 2.24) is 0 Å². The van der Waals surface area contributed by atoms with Crippen LogP contribution >= 0.6 is 0 Å². The van der Waals surface area contributed by atoms with Gasteiger partial charge in [-0.2, -0.15) is 0 Å². The molecule has 3 rings (SSSR count). The second-order valence-corrected chi connectivity index (χ2v) is 5.86. The maximum absolute atomic E-state index is 12.6. The number of ether oxygens (including phenoxy) is 1. The summed E-state index contributed by atoms with van der Waals surface area (Å²) in [4.78, 5) is 24.5. The molecule has 2 aromatic rings. The van der Waals surface area contributed by atoms with E-state index in [2.05, 4.69) is 0 Å². The number of aryl methyl sites for hydroxylation is 2. The van der Waals surface area contributed by atoms with Crippen molar-refractivity contribution < 1.29 is 14.3 Å². The van der Waals surface area contributed by atoms with Gasteiger partial charge in [-0.05, 0) is 42.7 Å². The molecule has 0 amide bonds. The van der Waals surface area contributed by atoms with Crippen LogP contribution in [0.25, 0.3) is 6.08 Å². The molecule has 3 nitrogen and oxygen atoms in total. The molecular weight excluding hydrogens is 288 g/mol. The number of methoxy groups -OCH3 is 1. The number of ketones is 1. The Morgan fingerprint density at radius 3 is 2.65 bits per heavy atom. The molecule has 0 fully saturated rings. The number of rotatable bonds is 2. The van der Waals surface area contributed by atoms with Gasteiger partial charge in [-0.15, -0.1) is 0 Å². The third-order valence-corrected chi connectivity index (χ3v) is 4.26. The van der Waals surface area contributed by atoms with Gasteiger partial charge in [0.15, 0.2) is 5.78 Å². The van der Waals surface area contributed by atoms with Gasteiger partial charge in [0.25, 0.3) is 0 Å². The highest BCUT2D eigenvalue weighted by Crippen LogP contribution is 2.30. The summed E-state index contributed by atoms with van der Waals surface area (Å²) in [6.07, 6.45) is 2.43. The van der Waals surface area contributed by atoms with E-state index >= 15 is 0 Å². The Bertz CT molecular complexity index is 844. The van der Waals surface area contributed by atoms with Crippen LogP contribution < -0.4 is 0 Å². The molecule has 0 N–H and O–H groups in total. The van der Waals surface area contributed by atoms with Crippen LogP contribution in [0.1, 0.15) is 43.0 Å². The first-order valence-corrected chi connectivity index (χ1v) is 7.54. The highest BCUT2D eigenvalue weighted by atomic mass is 16.5. The fourth-order valence-electron chi connectivity index (χ4n) is 3.00. The molecule has 0 bridgehead atoms. The molecule has 0 radical (unpaired) electrons. The minimum atomic E-state index is -0.393. The molecule has 1 aliphatic rings. The van der Waals surface area contributed by atoms with E-state index in [9.17, 15) is 9.59 Å². The maximum Gasteiger partial charge on any atom is 0.338 e. The quantitative estimate of drug-likeness (QED) is 0.624. The summed E-state index contributed by atoms with van der Waals surface area (Å²) in [6.45, 7) is 3.97. The zero-order valence-corrected chi connectivity index (χ0v) is 13.5. The summed E-state index contributed by atoms with van der Waals surface area (Å²) in [5.41, 5.74) is 5.92. The van der Waals surface area contributed by atoms with Gasteiger partial charge in [0.05, 0.1) is 12.7 Å². The van der Waals surface area contributed by atoms with Crippen LogP contribution in [0.4, 0.5) is 0 Å². The second-order valence-electron chi connectivity index (χ2n) is 5.86. The summed E-state index contributed by atoms with van der Waals surface area (Å²) in [7, 11) is 1.36. The van der Waals surface area contributed by atoms with Gasteiger partial charge in [-0.3, -0.25) is 4.79 Å². The third kappa shape index (κ3) is 2.70. The first-order valence-electron chi connectivity index (χ1n) is 7.54. The molecule has 116 valence electrons. The van der Waals surface area contributed by atoms with Crippen LogP contribution in [-0.4, -0.2) is 18.9 Å². The number of carbonyl (C=O) groups is 2. The number of fused-ring (bicyclic) bond motifs is 1. The van der Waals surface area contributed by atoms with Crippen molar-refractivity contribution in [2.45, 2.75) is 20.3 Å². The molecule has 0 spiro atoms. The summed E-state index contributed by atoms with van der Waals surface area (Å²) >= 11 is 0. The molecule has 0 atom stereocenters. The molecule has 0 heterocycles. The smallest absolute Gasteiger partial charge is 0.338 e. The Hall–Kier alpha value is -2.68. The molecule has 3 heteroatoms. The standard InChI is InChI=1S/C20H18O3/c1-12-7-8-16(20(22)23-3)14(9-12)10-15-11-18-13(2)5-4-6-17(18)19(15)21/h4-10H,11H2,1-3H3/b15-10+. The second kappa shape index (κ2) is 5.84. The highest BCUT2D eigenvalue weighted by molar-refractivity contribution is 6.16. The molecule has 0 unspecified atom stereocenters. The number of hydrogen-bond acceptors (Lipinski definition) is 3. The molecule has 1 aliphatic carbocycles. The van der Waals surface area contributed by atoms with Crippen LogP contribution in [-0.2, 0) is 11.2 Å². The van der Waals surface area contributed by atoms with E-state index in [0.717, 1.165) is 27.8 Å². The summed E-state index contributed by atoms with van der Waals surface area (Å²) in [6, 6.07) is 11.3. The zero-order chi connectivity index (χ0) is 16.6. The largest absolute Gasteiger partial charge is 0.465 e. The van der Waals surface area contributed by atoms with Crippen LogP contribution in [0, 0.1) is 13.8 Å². The highest BCUT2D eigenvalue weighted by Gasteiger charge is 2.26. The van der Waals surface area contributed by atoms with Crippen LogP contribution in [0.5, 0.6) is 0 Å². The molecule has 0 saturated carbocycles. The molecular formula is C20H18O3. The minimum absolute atomic E-state index is 0.0426. The summed E-state index contributed by atoms with van der Waals surface area (Å²) < 4.78 is 4.84. The Kier molecular flexibility index (Phi) is 3.87. The van der Waals surface area contributed by atoms with Crippen LogP contribution in [0.3, 0.4) is 0 Å². The SMILES string of the molecule is COC(=O)c1ccc(C)cc1/C=C1\Cc2c(C)cccc2C1=O. The van der Waals surface area contributed by atoms with E-state index in [4.69, 9.17) is 4.74 Å². The van der Waals surface area contributed by atoms with E-state index in [-0.39, 0.29) is 5.78 Å². The van der Waals surface area contributed by atoms with Crippen molar-refractivity contribution in [2.24, 2.45) is 0 Å². The molecule has 0 aromatic heterocycles. The van der Waals surface area contributed by atoms with Crippen molar-refractivity contribution in [3.63, 3.8) is 0 Å². The van der Waals surface area contributed by atoms with E-state index in [1.54, 1.807) is 6.07 Å². The number of Topliss-reactive ketones (excluding diaryl/α,β-unsaturated/α-hetero) is 1. The first kappa shape index (κ1) is 15.2. The van der Waals surface area contributed by atoms with Gasteiger partial charge in [0, 0.05) is 17.6 Å². The van der Waals surface area contributed by atoms with Crippen molar-refractivity contribution in [3.8, 4) is 0 Å². The Labute approximate surface area is 135 Å². The lowest BCUT2D eigenvalue weighted by Gasteiger charge is -2.06. The minimum Gasteiger partial charge on any atom is -0.465 e. The van der Waals surface area contributed by atoms with Gasteiger partial charge in [-0.25, -0.2) is 4.79 Å². The number of allylic oxidation sites excluding steroid dienone is 1. The first-order chi connectivity index (χ1) is 11.0. The fraction of sp³-hybridized carbons (Fsp3) is 0.200. The van der Waals surface area contributed by atoms with Gasteiger partial charge in [0.1, 0.15) is 0 Å². The van der Waals surface area contributed by atoms with Crippen molar-refractivity contribution in [3.05, 3.63) is 75.4 Å². The van der Waals surface area contributed by atoms with Gasteiger partial charge < -0.3 is 4.74 Å². The lowest BCUT2D eigenvalue weighted by molar-refractivity contribution is 0.0600. The topological polar surface area (TPSA) is 43.4 Å². The Morgan fingerprint density at radius 2 is 1.96 bits per heavy atom. The van der Waals surface area contributed by atoms with E-state index in [1.807, 2.05) is 50.3 Å². The predicted molar refractivity (Wildman–Crippen MR) is 89.7 cm³/mol. The fourth-order valence-corrected chi connectivity index (χ4v) is 3.00. The van der Waals surface area contributed by atoms with Crippen LogP contribution in [0.2, 0.25) is 0 Å². The Balaban J connectivity index is 2.08. The van der Waals surface area contributed by atoms with Crippen molar-refractivity contribution in [1.29, 1.82) is 0 Å². The lowest BCUT2D eigenvalue weighted by atomic mass is 10.0. The maximum atomic E-state index is 12.6. The number of benzene rings is 2. The number of hydrogen-bond donors (Lipinski definition) is 0. The average Bonchev–Trinajstić information content (AvgIpc) is 2.85. The van der Waals surface area contributed by atoms with E-state index in [1.165, 1.54) is 7.11 Å². The third-order valence-electron chi connectivity index (χ3n) is 4.26. The summed E-state index contributed by atoms with van der Waals surface area (Å²) in [5, 5.41) is 0. The normalized spacial score (nSPS) is 14.9. The molecule has 0 saturated heterocycles. The number of esters is 1. The van der Waals surface area contributed by atoms with Crippen molar-refractivity contribution >= 4 is 17.8 Å². The Morgan fingerprint density at radius 1 is 1.17 bits per heavy atom. The average molecular weight is 306 g/mol. The van der Waals surface area contributed by atoms with E-state index < -0.39 is 5.97 Å².